The van der Waals surface area contributed by atoms with E-state index in [0.717, 1.165) is 14.7 Å². The van der Waals surface area contributed by atoms with Crippen molar-refractivity contribution >= 4 is 37.4 Å². The zero-order valence-electron chi connectivity index (χ0n) is 7.37. The van der Waals surface area contributed by atoms with E-state index in [1.807, 2.05) is 12.1 Å². The molecule has 0 atom stereocenters. The van der Waals surface area contributed by atoms with Crippen LogP contribution < -0.4 is 0 Å². The van der Waals surface area contributed by atoms with Crippen LogP contribution in [0.1, 0.15) is 24.6 Å². The maximum atomic E-state index is 4.56. The van der Waals surface area contributed by atoms with Gasteiger partial charge in [-0.15, -0.1) is 0 Å². The van der Waals surface area contributed by atoms with Crippen LogP contribution in [0.15, 0.2) is 27.4 Å². The van der Waals surface area contributed by atoms with Gasteiger partial charge in [0.15, 0.2) is 0 Å². The molecule has 2 heterocycles. The lowest BCUT2D eigenvalue weighted by molar-refractivity contribution is 0.906. The van der Waals surface area contributed by atoms with E-state index in [4.69, 9.17) is 0 Å². The van der Waals surface area contributed by atoms with Gasteiger partial charge in [-0.1, -0.05) is 6.07 Å². The molecule has 0 unspecified atom stereocenters. The van der Waals surface area contributed by atoms with E-state index < -0.39 is 0 Å². The normalized spacial score (nSPS) is 16.4. The Bertz CT molecular complexity index is 500. The summed E-state index contributed by atoms with van der Waals surface area (Å²) in [5.41, 5.74) is 1.14. The van der Waals surface area contributed by atoms with Crippen LogP contribution in [0.4, 0.5) is 0 Å². The molecule has 72 valence electrons. The summed E-state index contributed by atoms with van der Waals surface area (Å²) in [6, 6.07) is 6.16. The summed E-state index contributed by atoms with van der Waals surface area (Å²) in [6.45, 7) is 0. The molecule has 2 aromatic heterocycles. The fourth-order valence-electron chi connectivity index (χ4n) is 1.70. The smallest absolute Gasteiger partial charge is 0.132 e. The van der Waals surface area contributed by atoms with Crippen LogP contribution in [-0.2, 0) is 0 Å². The highest BCUT2D eigenvalue weighted by Crippen LogP contribution is 2.41. The number of halogens is 2. The van der Waals surface area contributed by atoms with Gasteiger partial charge in [0.05, 0.1) is 10.1 Å². The molecular weight excluding hydrogens is 308 g/mol. The fourth-order valence-corrected chi connectivity index (χ4v) is 2.72. The van der Waals surface area contributed by atoms with E-state index in [1.165, 1.54) is 18.7 Å². The van der Waals surface area contributed by atoms with Crippen LogP contribution in [0.5, 0.6) is 0 Å². The van der Waals surface area contributed by atoms with Crippen molar-refractivity contribution in [1.82, 2.24) is 9.38 Å². The van der Waals surface area contributed by atoms with Crippen LogP contribution >= 0.6 is 31.9 Å². The molecule has 0 spiro atoms. The third-order valence-corrected chi connectivity index (χ3v) is 3.74. The minimum atomic E-state index is 0.660. The molecular formula is C10H8Br2N2. The number of rotatable bonds is 1. The first-order chi connectivity index (χ1) is 6.77. The molecule has 2 nitrogen and oxygen atoms in total. The van der Waals surface area contributed by atoms with Crippen molar-refractivity contribution < 1.29 is 0 Å². The van der Waals surface area contributed by atoms with Gasteiger partial charge in [-0.3, -0.25) is 4.40 Å². The molecule has 1 fully saturated rings. The van der Waals surface area contributed by atoms with Crippen molar-refractivity contribution in [2.45, 2.75) is 18.8 Å². The number of fused-ring (bicyclic) bond motifs is 1. The molecule has 0 aliphatic heterocycles. The van der Waals surface area contributed by atoms with Crippen molar-refractivity contribution in [2.24, 2.45) is 0 Å². The topological polar surface area (TPSA) is 17.3 Å². The molecule has 3 rings (SSSR count). The molecule has 1 saturated carbocycles. The predicted molar refractivity (Wildman–Crippen MR) is 62.6 cm³/mol. The van der Waals surface area contributed by atoms with Gasteiger partial charge in [-0.2, -0.15) is 0 Å². The summed E-state index contributed by atoms with van der Waals surface area (Å²) < 4.78 is 4.21. The van der Waals surface area contributed by atoms with Crippen LogP contribution in [0.25, 0.3) is 5.52 Å². The minimum absolute atomic E-state index is 0.660. The van der Waals surface area contributed by atoms with E-state index >= 15 is 0 Å². The SMILES string of the molecule is Brc1nc(C2CC2)n2c(Br)cccc12. The largest absolute Gasteiger partial charge is 0.289 e. The second-order valence-corrected chi connectivity index (χ2v) is 5.17. The lowest BCUT2D eigenvalue weighted by Crippen LogP contribution is -1.93. The summed E-state index contributed by atoms with van der Waals surface area (Å²) in [4.78, 5) is 4.56. The van der Waals surface area contributed by atoms with E-state index in [1.54, 1.807) is 0 Å². The molecule has 1 aliphatic rings. The number of imidazole rings is 1. The highest BCUT2D eigenvalue weighted by molar-refractivity contribution is 9.11. The lowest BCUT2D eigenvalue weighted by Gasteiger charge is -2.01. The molecule has 0 bridgehead atoms. The molecule has 0 saturated heterocycles. The summed E-state index contributed by atoms with van der Waals surface area (Å²) in [7, 11) is 0. The summed E-state index contributed by atoms with van der Waals surface area (Å²) in [6.07, 6.45) is 2.54. The summed E-state index contributed by atoms with van der Waals surface area (Å²) >= 11 is 7.05. The Labute approximate surface area is 98.6 Å². The first kappa shape index (κ1) is 8.92. The monoisotopic (exact) mass is 314 g/mol. The molecule has 1 aliphatic carbocycles. The zero-order chi connectivity index (χ0) is 9.71. The van der Waals surface area contributed by atoms with Gasteiger partial charge < -0.3 is 0 Å². The number of nitrogens with zero attached hydrogens (tertiary/aromatic N) is 2. The standard InChI is InChI=1S/C10H8Br2N2/c11-8-3-1-2-7-9(12)13-10(14(7)8)6-4-5-6/h1-3,6H,4-5H2. The first-order valence-electron chi connectivity index (χ1n) is 4.60. The molecule has 4 heteroatoms. The Hall–Kier alpha value is -0.350. The van der Waals surface area contributed by atoms with E-state index in [9.17, 15) is 0 Å². The van der Waals surface area contributed by atoms with E-state index in [-0.39, 0.29) is 0 Å². The van der Waals surface area contributed by atoms with Crippen molar-refractivity contribution in [3.8, 4) is 0 Å². The number of hydrogen-bond donors (Lipinski definition) is 0. The van der Waals surface area contributed by atoms with Crippen LogP contribution in [-0.4, -0.2) is 9.38 Å². The third-order valence-electron chi connectivity index (χ3n) is 2.54. The summed E-state index contributed by atoms with van der Waals surface area (Å²) in [5, 5.41) is 0. The quantitative estimate of drug-likeness (QED) is 0.733. The molecule has 14 heavy (non-hydrogen) atoms. The fraction of sp³-hybridized carbons (Fsp3) is 0.300. The Morgan fingerprint density at radius 2 is 2.07 bits per heavy atom. The summed E-state index contributed by atoms with van der Waals surface area (Å²) in [5.74, 6) is 1.84. The highest BCUT2D eigenvalue weighted by atomic mass is 79.9. The zero-order valence-corrected chi connectivity index (χ0v) is 10.5. The van der Waals surface area contributed by atoms with Gasteiger partial charge in [0.25, 0.3) is 0 Å². The third kappa shape index (κ3) is 1.24. The second-order valence-electron chi connectivity index (χ2n) is 3.60. The van der Waals surface area contributed by atoms with Crippen molar-refractivity contribution in [1.29, 1.82) is 0 Å². The van der Waals surface area contributed by atoms with Crippen LogP contribution in [0.2, 0.25) is 0 Å². The molecule has 0 aromatic carbocycles. The molecule has 2 aromatic rings. The maximum Gasteiger partial charge on any atom is 0.132 e. The number of aromatic nitrogens is 2. The van der Waals surface area contributed by atoms with Gasteiger partial charge in [0.1, 0.15) is 10.4 Å². The van der Waals surface area contributed by atoms with Gasteiger partial charge >= 0.3 is 0 Å². The average molecular weight is 316 g/mol. The van der Waals surface area contributed by atoms with Crippen LogP contribution in [0, 0.1) is 0 Å². The highest BCUT2D eigenvalue weighted by Gasteiger charge is 2.29. The average Bonchev–Trinajstić information content (AvgIpc) is 2.94. The molecule has 0 radical (unpaired) electrons. The van der Waals surface area contributed by atoms with Crippen LogP contribution in [0.3, 0.4) is 0 Å². The second kappa shape index (κ2) is 3.07. The maximum absolute atomic E-state index is 4.56. The number of pyridine rings is 1. The molecule has 0 amide bonds. The Morgan fingerprint density at radius 1 is 1.29 bits per heavy atom. The van der Waals surface area contributed by atoms with Gasteiger partial charge in [0, 0.05) is 5.92 Å². The van der Waals surface area contributed by atoms with E-state index in [0.29, 0.717) is 5.92 Å². The first-order valence-corrected chi connectivity index (χ1v) is 6.18. The van der Waals surface area contributed by atoms with Gasteiger partial charge in [0.2, 0.25) is 0 Å². The minimum Gasteiger partial charge on any atom is -0.289 e. The Kier molecular flexibility index (Phi) is 1.96. The lowest BCUT2D eigenvalue weighted by atomic mass is 10.4. The van der Waals surface area contributed by atoms with Gasteiger partial charge in [-0.25, -0.2) is 4.98 Å². The number of hydrogen-bond acceptors (Lipinski definition) is 1. The van der Waals surface area contributed by atoms with Crippen molar-refractivity contribution in [2.75, 3.05) is 0 Å². The van der Waals surface area contributed by atoms with E-state index in [2.05, 4.69) is 47.3 Å². The predicted octanol–water partition coefficient (Wildman–Crippen LogP) is 3.74. The van der Waals surface area contributed by atoms with Gasteiger partial charge in [-0.05, 0) is 56.8 Å². The van der Waals surface area contributed by atoms with Crippen molar-refractivity contribution in [3.05, 3.63) is 33.2 Å². The Morgan fingerprint density at radius 3 is 2.79 bits per heavy atom. The Balaban J connectivity index is 2.39. The van der Waals surface area contributed by atoms with Crippen molar-refractivity contribution in [3.63, 3.8) is 0 Å². The molecule has 0 N–H and O–H groups in total.